The van der Waals surface area contributed by atoms with E-state index in [0.717, 1.165) is 18.2 Å². The summed E-state index contributed by atoms with van der Waals surface area (Å²) >= 11 is 0. The summed E-state index contributed by atoms with van der Waals surface area (Å²) in [5, 5.41) is 11.2. The summed E-state index contributed by atoms with van der Waals surface area (Å²) in [5.74, 6) is -1.30. The van der Waals surface area contributed by atoms with Crippen LogP contribution in [0.4, 0.5) is 10.1 Å². The Morgan fingerprint density at radius 2 is 1.86 bits per heavy atom. The summed E-state index contributed by atoms with van der Waals surface area (Å²) < 4.78 is 28.2. The molecule has 0 aromatic heterocycles. The monoisotopic (exact) mass is 387 g/mol. The second-order valence-electron chi connectivity index (χ2n) is 5.80. The lowest BCUT2D eigenvalue weighted by atomic mass is 10.1. The average molecular weight is 387 g/mol. The Balaban J connectivity index is 1.71. The number of benzene rings is 2. The van der Waals surface area contributed by atoms with Crippen LogP contribution in [0.5, 0.6) is 11.5 Å². The lowest BCUT2D eigenvalue weighted by molar-refractivity contribution is -0.385. The van der Waals surface area contributed by atoms with E-state index < -0.39 is 28.6 Å². The molecule has 1 aliphatic rings. The first kappa shape index (κ1) is 19.0. The highest BCUT2D eigenvalue weighted by atomic mass is 19.1. The van der Waals surface area contributed by atoms with Crippen LogP contribution in [-0.2, 0) is 9.53 Å². The van der Waals surface area contributed by atoms with Gasteiger partial charge in [0.05, 0.1) is 16.6 Å². The number of fused-ring (bicyclic) bond motifs is 1. The van der Waals surface area contributed by atoms with Crippen LogP contribution in [0.1, 0.15) is 22.8 Å². The van der Waals surface area contributed by atoms with E-state index >= 15 is 0 Å². The van der Waals surface area contributed by atoms with E-state index in [4.69, 9.17) is 14.2 Å². The number of halogens is 1. The molecule has 9 heteroatoms. The van der Waals surface area contributed by atoms with Crippen molar-refractivity contribution in [2.75, 3.05) is 6.79 Å². The van der Waals surface area contributed by atoms with Crippen molar-refractivity contribution < 1.29 is 33.1 Å². The zero-order valence-corrected chi connectivity index (χ0v) is 14.6. The number of esters is 1. The van der Waals surface area contributed by atoms with Crippen molar-refractivity contribution in [2.24, 2.45) is 0 Å². The molecule has 0 radical (unpaired) electrons. The highest BCUT2D eigenvalue weighted by Crippen LogP contribution is 2.38. The van der Waals surface area contributed by atoms with Gasteiger partial charge in [0.25, 0.3) is 5.69 Å². The first-order valence-corrected chi connectivity index (χ1v) is 8.11. The Morgan fingerprint density at radius 1 is 1.21 bits per heavy atom. The molecule has 1 heterocycles. The summed E-state index contributed by atoms with van der Waals surface area (Å²) in [5.41, 5.74) is 0.0320. The predicted octanol–water partition coefficient (Wildman–Crippen LogP) is 3.29. The molecule has 0 spiro atoms. The van der Waals surface area contributed by atoms with Gasteiger partial charge in [-0.3, -0.25) is 14.9 Å². The van der Waals surface area contributed by atoms with Crippen molar-refractivity contribution in [1.82, 2.24) is 0 Å². The summed E-state index contributed by atoms with van der Waals surface area (Å²) in [6.45, 7) is 1.32. The Kier molecular flexibility index (Phi) is 5.35. The lowest BCUT2D eigenvalue weighted by Crippen LogP contribution is -2.23. The Morgan fingerprint density at radius 3 is 2.50 bits per heavy atom. The van der Waals surface area contributed by atoms with Gasteiger partial charge in [-0.2, -0.15) is 0 Å². The number of hydrogen-bond acceptors (Lipinski definition) is 7. The van der Waals surface area contributed by atoms with Gasteiger partial charge in [-0.1, -0.05) is 0 Å². The molecule has 2 aromatic rings. The van der Waals surface area contributed by atoms with E-state index in [1.165, 1.54) is 37.3 Å². The molecule has 1 aliphatic heterocycles. The molecule has 2 aromatic carbocycles. The first-order chi connectivity index (χ1) is 13.3. The third-order valence-corrected chi connectivity index (χ3v) is 3.91. The van der Waals surface area contributed by atoms with E-state index in [1.54, 1.807) is 0 Å². The van der Waals surface area contributed by atoms with Gasteiger partial charge in [-0.05, 0) is 43.3 Å². The maximum Gasteiger partial charge on any atom is 0.331 e. The number of ketones is 1. The van der Waals surface area contributed by atoms with Crippen LogP contribution in [0.15, 0.2) is 42.5 Å². The molecular weight excluding hydrogens is 373 g/mol. The number of carbonyl (C=O) groups excluding carboxylic acids is 2. The molecule has 0 amide bonds. The van der Waals surface area contributed by atoms with Gasteiger partial charge in [0.1, 0.15) is 5.82 Å². The van der Waals surface area contributed by atoms with Crippen molar-refractivity contribution in [2.45, 2.75) is 13.0 Å². The van der Waals surface area contributed by atoms with Crippen LogP contribution in [0.25, 0.3) is 6.08 Å². The zero-order chi connectivity index (χ0) is 20.3. The van der Waals surface area contributed by atoms with Gasteiger partial charge in [-0.15, -0.1) is 0 Å². The molecule has 0 unspecified atom stereocenters. The third kappa shape index (κ3) is 4.14. The van der Waals surface area contributed by atoms with Crippen LogP contribution in [0, 0.1) is 15.9 Å². The fourth-order valence-corrected chi connectivity index (χ4v) is 2.51. The maximum absolute atomic E-state index is 12.9. The Bertz CT molecular complexity index is 969. The number of carbonyl (C=O) groups is 2. The van der Waals surface area contributed by atoms with Crippen molar-refractivity contribution in [3.63, 3.8) is 0 Å². The van der Waals surface area contributed by atoms with Gasteiger partial charge in [0.2, 0.25) is 12.6 Å². The summed E-state index contributed by atoms with van der Waals surface area (Å²) in [6, 6.07) is 7.40. The lowest BCUT2D eigenvalue weighted by Gasteiger charge is -2.10. The number of ether oxygens (including phenoxy) is 3. The van der Waals surface area contributed by atoms with Gasteiger partial charge < -0.3 is 14.2 Å². The summed E-state index contributed by atoms with van der Waals surface area (Å²) in [4.78, 5) is 34.8. The van der Waals surface area contributed by atoms with Gasteiger partial charge >= 0.3 is 5.97 Å². The van der Waals surface area contributed by atoms with E-state index in [2.05, 4.69) is 0 Å². The topological polar surface area (TPSA) is 105 Å². The predicted molar refractivity (Wildman–Crippen MR) is 94.5 cm³/mol. The second kappa shape index (κ2) is 7.87. The molecule has 1 atom stereocenters. The molecule has 0 fully saturated rings. The molecule has 28 heavy (non-hydrogen) atoms. The smallest absolute Gasteiger partial charge is 0.331 e. The van der Waals surface area contributed by atoms with Crippen LogP contribution in [-0.4, -0.2) is 29.6 Å². The largest absolute Gasteiger partial charge is 0.454 e. The van der Waals surface area contributed by atoms with Crippen LogP contribution in [0.3, 0.4) is 0 Å². The van der Waals surface area contributed by atoms with E-state index in [0.29, 0.717) is 5.75 Å². The highest BCUT2D eigenvalue weighted by Gasteiger charge is 2.23. The van der Waals surface area contributed by atoms with Crippen molar-refractivity contribution in [1.29, 1.82) is 0 Å². The minimum absolute atomic E-state index is 0.0509. The molecule has 8 nitrogen and oxygen atoms in total. The Labute approximate surface area is 158 Å². The van der Waals surface area contributed by atoms with Crippen LogP contribution in [0.2, 0.25) is 0 Å². The minimum atomic E-state index is -1.12. The number of nitro groups is 1. The van der Waals surface area contributed by atoms with Crippen LogP contribution >= 0.6 is 0 Å². The van der Waals surface area contributed by atoms with Crippen molar-refractivity contribution in [3.8, 4) is 11.5 Å². The molecule has 0 aliphatic carbocycles. The minimum Gasteiger partial charge on any atom is -0.454 e. The quantitative estimate of drug-likeness (QED) is 0.246. The average Bonchev–Trinajstić information content (AvgIpc) is 3.13. The van der Waals surface area contributed by atoms with E-state index in [9.17, 15) is 24.1 Å². The van der Waals surface area contributed by atoms with Gasteiger partial charge in [-0.25, -0.2) is 9.18 Å². The van der Waals surface area contributed by atoms with E-state index in [-0.39, 0.29) is 29.4 Å². The van der Waals surface area contributed by atoms with Crippen LogP contribution < -0.4 is 9.47 Å². The van der Waals surface area contributed by atoms with Crippen molar-refractivity contribution >= 4 is 23.5 Å². The van der Waals surface area contributed by atoms with Gasteiger partial charge in [0, 0.05) is 11.6 Å². The number of rotatable bonds is 6. The molecule has 0 N–H and O–H groups in total. The maximum atomic E-state index is 12.9. The summed E-state index contributed by atoms with van der Waals surface area (Å²) in [7, 11) is 0. The number of Topliss-reactive ketones (excluding diaryl/α,β-unsaturated/α-hetero) is 1. The van der Waals surface area contributed by atoms with Gasteiger partial charge in [0.15, 0.2) is 17.6 Å². The SMILES string of the molecule is C[C@@H](OC(=O)/C=C/c1cc2c(cc1[N+](=O)[O-])OCO2)C(=O)c1ccc(F)cc1. The molecule has 144 valence electrons. The first-order valence-electron chi connectivity index (χ1n) is 8.11. The zero-order valence-electron chi connectivity index (χ0n) is 14.6. The third-order valence-electron chi connectivity index (χ3n) is 3.91. The molecule has 0 bridgehead atoms. The normalized spacial score (nSPS) is 13.4. The summed E-state index contributed by atoms with van der Waals surface area (Å²) in [6.07, 6.45) is 1.05. The molecule has 0 saturated heterocycles. The van der Waals surface area contributed by atoms with Crippen molar-refractivity contribution in [3.05, 3.63) is 69.5 Å². The second-order valence-corrected chi connectivity index (χ2v) is 5.80. The highest BCUT2D eigenvalue weighted by molar-refractivity contribution is 6.01. The Hall–Kier alpha value is -3.75. The standard InChI is InChI=1S/C19H14FNO7/c1-11(19(23)12-2-5-14(20)6-3-12)28-18(22)7-4-13-8-16-17(27-10-26-16)9-15(13)21(24)25/h2-9,11H,10H2,1H3/b7-4+/t11-/m1/s1. The molecule has 3 rings (SSSR count). The fourth-order valence-electron chi connectivity index (χ4n) is 2.51. The molecular formula is C19H14FNO7. The molecule has 0 saturated carbocycles. The number of nitro benzene ring substituents is 1. The van der Waals surface area contributed by atoms with E-state index in [1.807, 2.05) is 0 Å². The number of nitrogens with zero attached hydrogens (tertiary/aromatic N) is 1. The number of hydrogen-bond donors (Lipinski definition) is 0. The fraction of sp³-hybridized carbons (Fsp3) is 0.158.